The summed E-state index contributed by atoms with van der Waals surface area (Å²) in [7, 11) is 1.50. The van der Waals surface area contributed by atoms with Crippen LogP contribution in [0.4, 0.5) is 31.1 Å². The van der Waals surface area contributed by atoms with Crippen LogP contribution in [0.2, 0.25) is 0 Å². The van der Waals surface area contributed by atoms with Gasteiger partial charge in [-0.05, 0) is 53.4 Å². The molecular formula is C32H29F6N3O5. The zero-order valence-corrected chi connectivity index (χ0v) is 24.5. The SMILES string of the molecule is COc1ccc(CC2CN(C(=O)OCc3cc(C(F)(F)F)cc(C(F)(F)F)c3)C3CN(Cc4ccccc4)C(=O)CN3C2=O)cc1. The highest BCUT2D eigenvalue weighted by molar-refractivity contribution is 5.89. The number of ether oxygens (including phenoxy) is 2. The van der Waals surface area contributed by atoms with E-state index in [2.05, 4.69) is 0 Å². The Labute approximate surface area is 260 Å². The lowest BCUT2D eigenvalue weighted by Crippen LogP contribution is -2.69. The molecule has 0 N–H and O–H groups in total. The van der Waals surface area contributed by atoms with Gasteiger partial charge in [0.25, 0.3) is 0 Å². The van der Waals surface area contributed by atoms with E-state index < -0.39 is 53.8 Å². The molecule has 0 aromatic heterocycles. The van der Waals surface area contributed by atoms with Gasteiger partial charge in [-0.1, -0.05) is 42.5 Å². The minimum atomic E-state index is -5.07. The first kappa shape index (κ1) is 32.6. The molecule has 2 atom stereocenters. The molecule has 0 spiro atoms. The van der Waals surface area contributed by atoms with Gasteiger partial charge in [0, 0.05) is 13.1 Å². The summed E-state index contributed by atoms with van der Waals surface area (Å²) in [4.78, 5) is 44.3. The van der Waals surface area contributed by atoms with Gasteiger partial charge in [0.1, 0.15) is 25.1 Å². The predicted octanol–water partition coefficient (Wildman–Crippen LogP) is 5.74. The molecule has 46 heavy (non-hydrogen) atoms. The highest BCUT2D eigenvalue weighted by Gasteiger charge is 2.47. The van der Waals surface area contributed by atoms with Gasteiger partial charge in [0.05, 0.1) is 30.7 Å². The highest BCUT2D eigenvalue weighted by Crippen LogP contribution is 2.37. The number of hydrogen-bond acceptors (Lipinski definition) is 5. The maximum Gasteiger partial charge on any atom is 0.416 e. The minimum absolute atomic E-state index is 0.0103. The van der Waals surface area contributed by atoms with Crippen molar-refractivity contribution in [3.63, 3.8) is 0 Å². The number of carbonyl (C=O) groups excluding carboxylic acids is 3. The van der Waals surface area contributed by atoms with Crippen LogP contribution in [0.3, 0.4) is 0 Å². The molecule has 14 heteroatoms. The summed E-state index contributed by atoms with van der Waals surface area (Å²) in [6, 6.07) is 16.9. The molecule has 2 heterocycles. The molecular weight excluding hydrogens is 620 g/mol. The molecule has 2 fully saturated rings. The van der Waals surface area contributed by atoms with E-state index in [1.54, 1.807) is 36.4 Å². The van der Waals surface area contributed by atoms with Crippen molar-refractivity contribution in [3.8, 4) is 5.75 Å². The maximum atomic E-state index is 13.6. The summed E-state index contributed by atoms with van der Waals surface area (Å²) in [5.41, 5.74) is -2.04. The average Bonchev–Trinajstić information content (AvgIpc) is 3.02. The van der Waals surface area contributed by atoms with E-state index in [4.69, 9.17) is 9.47 Å². The third-order valence-electron chi connectivity index (χ3n) is 7.91. The van der Waals surface area contributed by atoms with Crippen LogP contribution >= 0.6 is 0 Å². The Kier molecular flexibility index (Phi) is 9.17. The van der Waals surface area contributed by atoms with E-state index in [1.807, 2.05) is 18.2 Å². The number of alkyl halides is 6. The van der Waals surface area contributed by atoms with E-state index in [9.17, 15) is 40.7 Å². The van der Waals surface area contributed by atoms with Gasteiger partial charge in [0.15, 0.2) is 0 Å². The minimum Gasteiger partial charge on any atom is -0.497 e. The molecule has 0 aliphatic carbocycles. The summed E-state index contributed by atoms with van der Waals surface area (Å²) in [6.45, 7) is -1.26. The third kappa shape index (κ3) is 7.37. The van der Waals surface area contributed by atoms with Crippen LogP contribution in [0.15, 0.2) is 72.8 Å². The van der Waals surface area contributed by atoms with E-state index in [0.717, 1.165) is 11.1 Å². The maximum absolute atomic E-state index is 13.6. The molecule has 0 saturated carbocycles. The first-order chi connectivity index (χ1) is 21.7. The number of carbonyl (C=O) groups is 3. The lowest BCUT2D eigenvalue weighted by atomic mass is 9.93. The Bertz CT molecular complexity index is 1550. The van der Waals surface area contributed by atoms with Crippen molar-refractivity contribution in [2.45, 2.75) is 38.1 Å². The monoisotopic (exact) mass is 649 g/mol. The highest BCUT2D eigenvalue weighted by atomic mass is 19.4. The third-order valence-corrected chi connectivity index (χ3v) is 7.91. The lowest BCUT2D eigenvalue weighted by Gasteiger charge is -2.50. The van der Waals surface area contributed by atoms with Crippen molar-refractivity contribution in [2.24, 2.45) is 5.92 Å². The number of methoxy groups -OCH3 is 1. The fraction of sp³-hybridized carbons (Fsp3) is 0.344. The molecule has 2 aliphatic rings. The Morgan fingerprint density at radius 3 is 2.04 bits per heavy atom. The van der Waals surface area contributed by atoms with Gasteiger partial charge in [-0.25, -0.2) is 4.79 Å². The zero-order chi connectivity index (χ0) is 33.2. The van der Waals surface area contributed by atoms with Crippen LogP contribution < -0.4 is 4.74 Å². The van der Waals surface area contributed by atoms with Crippen molar-refractivity contribution in [2.75, 3.05) is 26.7 Å². The van der Waals surface area contributed by atoms with Crippen molar-refractivity contribution in [3.05, 3.63) is 101 Å². The molecule has 0 radical (unpaired) electrons. The van der Waals surface area contributed by atoms with Crippen LogP contribution in [0.5, 0.6) is 5.75 Å². The summed E-state index contributed by atoms with van der Waals surface area (Å²) in [5, 5.41) is 0. The van der Waals surface area contributed by atoms with Crippen molar-refractivity contribution < 1.29 is 50.2 Å². The number of amides is 3. The molecule has 0 bridgehead atoms. The molecule has 2 unspecified atom stereocenters. The van der Waals surface area contributed by atoms with Crippen LogP contribution in [0, 0.1) is 5.92 Å². The van der Waals surface area contributed by atoms with Crippen LogP contribution in [0.25, 0.3) is 0 Å². The fourth-order valence-corrected chi connectivity index (χ4v) is 5.59. The standard InChI is InChI=1S/C32H29F6N3O5/c1-45-26-9-7-20(8-10-26)11-23-16-41(27-17-39(15-21-5-3-2-4-6-21)28(42)18-40(27)29(23)43)30(44)46-19-22-12-24(31(33,34)35)14-25(13-22)32(36,37)38/h2-10,12-14,23,27H,11,15-19H2,1H3. The Morgan fingerprint density at radius 1 is 0.826 bits per heavy atom. The van der Waals surface area contributed by atoms with E-state index >= 15 is 0 Å². The number of fused-ring (bicyclic) bond motifs is 1. The van der Waals surface area contributed by atoms with E-state index in [-0.39, 0.29) is 50.5 Å². The Morgan fingerprint density at radius 2 is 1.46 bits per heavy atom. The fourth-order valence-electron chi connectivity index (χ4n) is 5.59. The predicted molar refractivity (Wildman–Crippen MR) is 151 cm³/mol. The average molecular weight is 650 g/mol. The number of rotatable bonds is 7. The number of nitrogens with zero attached hydrogens (tertiary/aromatic N) is 3. The van der Waals surface area contributed by atoms with Crippen molar-refractivity contribution >= 4 is 17.9 Å². The zero-order valence-electron chi connectivity index (χ0n) is 24.5. The first-order valence-electron chi connectivity index (χ1n) is 14.2. The first-order valence-corrected chi connectivity index (χ1v) is 14.2. The van der Waals surface area contributed by atoms with Gasteiger partial charge < -0.3 is 19.3 Å². The number of piperazine rings is 1. The lowest BCUT2D eigenvalue weighted by molar-refractivity contribution is -0.165. The topological polar surface area (TPSA) is 79.4 Å². The van der Waals surface area contributed by atoms with Gasteiger partial charge in [-0.2, -0.15) is 26.3 Å². The summed E-state index contributed by atoms with van der Waals surface area (Å²) >= 11 is 0. The Hall–Kier alpha value is -4.75. The van der Waals surface area contributed by atoms with Crippen molar-refractivity contribution in [1.29, 1.82) is 0 Å². The second-order valence-corrected chi connectivity index (χ2v) is 11.1. The molecule has 8 nitrogen and oxygen atoms in total. The van der Waals surface area contributed by atoms with Crippen molar-refractivity contribution in [1.82, 2.24) is 14.7 Å². The molecule has 3 aromatic rings. The van der Waals surface area contributed by atoms with E-state index in [0.29, 0.717) is 17.9 Å². The summed E-state index contributed by atoms with van der Waals surface area (Å²) in [6.07, 6.45) is -12.0. The molecule has 5 rings (SSSR count). The van der Waals surface area contributed by atoms with Crippen LogP contribution in [-0.4, -0.2) is 65.5 Å². The van der Waals surface area contributed by atoms with Gasteiger partial charge in [0.2, 0.25) is 11.8 Å². The second kappa shape index (κ2) is 12.9. The smallest absolute Gasteiger partial charge is 0.416 e. The van der Waals surface area contributed by atoms with E-state index in [1.165, 1.54) is 21.8 Å². The molecule has 2 aliphatic heterocycles. The second-order valence-electron chi connectivity index (χ2n) is 11.1. The Balaban J connectivity index is 1.40. The van der Waals surface area contributed by atoms with Gasteiger partial charge in [-0.3, -0.25) is 14.5 Å². The summed E-state index contributed by atoms with van der Waals surface area (Å²) in [5.74, 6) is -0.941. The number of halogens is 6. The molecule has 3 aromatic carbocycles. The molecule has 3 amide bonds. The quantitative estimate of drug-likeness (QED) is 0.305. The largest absolute Gasteiger partial charge is 0.497 e. The number of benzene rings is 3. The molecule has 244 valence electrons. The number of hydrogen-bond donors (Lipinski definition) is 0. The normalized spacial score (nSPS) is 18.8. The van der Waals surface area contributed by atoms with Gasteiger partial charge >= 0.3 is 18.4 Å². The summed E-state index contributed by atoms with van der Waals surface area (Å²) < 4.78 is 90.7. The van der Waals surface area contributed by atoms with Crippen LogP contribution in [0.1, 0.15) is 27.8 Å². The van der Waals surface area contributed by atoms with Gasteiger partial charge in [-0.15, -0.1) is 0 Å². The molecule has 2 saturated heterocycles. The van der Waals surface area contributed by atoms with Crippen LogP contribution in [-0.2, 0) is 46.3 Å².